The molecular weight excluding hydrogens is 428 g/mol. The number of hydrogen-bond donors (Lipinski definition) is 0. The highest BCUT2D eigenvalue weighted by atomic mass is 32.2. The van der Waals surface area contributed by atoms with E-state index in [2.05, 4.69) is 0 Å². The van der Waals surface area contributed by atoms with E-state index in [4.69, 9.17) is 23.1 Å². The molecule has 9 nitrogen and oxygen atoms in total. The fourth-order valence-electron chi connectivity index (χ4n) is 3.05. The average Bonchev–Trinajstić information content (AvgIpc) is 2.76. The monoisotopic (exact) mass is 450 g/mol. The molecule has 1 heterocycles. The lowest BCUT2D eigenvalue weighted by Gasteiger charge is -2.39. The number of benzene rings is 2. The fraction of sp³-hybridized carbons (Fsp3) is 0.333. The zero-order chi connectivity index (χ0) is 22.4. The predicted molar refractivity (Wildman–Crippen MR) is 108 cm³/mol. The van der Waals surface area contributed by atoms with Gasteiger partial charge in [0.2, 0.25) is 0 Å². The van der Waals surface area contributed by atoms with Crippen LogP contribution < -0.4 is 0 Å². The first kappa shape index (κ1) is 22.9. The second-order valence-electron chi connectivity index (χ2n) is 6.75. The quantitative estimate of drug-likeness (QED) is 0.460. The molecule has 0 unspecified atom stereocenters. The minimum absolute atomic E-state index is 0.231. The Bertz CT molecular complexity index is 992. The molecule has 1 saturated heterocycles. The molecule has 0 aromatic heterocycles. The molecule has 0 aliphatic carbocycles. The van der Waals surface area contributed by atoms with E-state index in [-0.39, 0.29) is 17.7 Å². The van der Waals surface area contributed by atoms with Crippen LogP contribution in [0.5, 0.6) is 0 Å². The Hall–Kier alpha value is -2.79. The highest BCUT2D eigenvalue weighted by Gasteiger charge is 2.48. The minimum atomic E-state index is -3.94. The molecule has 1 aliphatic rings. The van der Waals surface area contributed by atoms with Gasteiger partial charge in [0.05, 0.1) is 24.0 Å². The van der Waals surface area contributed by atoms with Gasteiger partial charge >= 0.3 is 11.9 Å². The van der Waals surface area contributed by atoms with Crippen LogP contribution in [0.2, 0.25) is 0 Å². The molecule has 1 fully saturated rings. The maximum absolute atomic E-state index is 12.7. The summed E-state index contributed by atoms with van der Waals surface area (Å²) in [7, 11) is -2.62. The first-order valence-corrected chi connectivity index (χ1v) is 11.1. The van der Waals surface area contributed by atoms with Crippen LogP contribution in [-0.2, 0) is 33.2 Å². The van der Waals surface area contributed by atoms with E-state index >= 15 is 0 Å². The highest BCUT2D eigenvalue weighted by molar-refractivity contribution is 7.86. The summed E-state index contributed by atoms with van der Waals surface area (Å²) in [6.45, 7) is -0.266. The molecule has 0 N–H and O–H groups in total. The predicted octanol–water partition coefficient (Wildman–Crippen LogP) is 1.79. The van der Waals surface area contributed by atoms with E-state index in [0.717, 1.165) is 6.26 Å². The highest BCUT2D eigenvalue weighted by Crippen LogP contribution is 2.27. The lowest BCUT2D eigenvalue weighted by molar-refractivity contribution is -0.256. The van der Waals surface area contributed by atoms with E-state index in [1.807, 2.05) is 0 Å². The third-order valence-electron chi connectivity index (χ3n) is 4.42. The van der Waals surface area contributed by atoms with Gasteiger partial charge in [0, 0.05) is 7.11 Å². The summed E-state index contributed by atoms with van der Waals surface area (Å²) in [5.41, 5.74) is 0.478. The second kappa shape index (κ2) is 10.0. The van der Waals surface area contributed by atoms with E-state index in [0.29, 0.717) is 0 Å². The van der Waals surface area contributed by atoms with Gasteiger partial charge in [-0.3, -0.25) is 4.18 Å². The van der Waals surface area contributed by atoms with Gasteiger partial charge in [-0.05, 0) is 24.3 Å². The summed E-state index contributed by atoms with van der Waals surface area (Å²) in [5.74, 6) is -1.47. The van der Waals surface area contributed by atoms with Crippen LogP contribution >= 0.6 is 0 Å². The normalized spacial score (nSPS) is 23.7. The molecule has 3 rings (SSSR count). The Kier molecular flexibility index (Phi) is 7.39. The Labute approximate surface area is 179 Å². The zero-order valence-electron chi connectivity index (χ0n) is 16.9. The van der Waals surface area contributed by atoms with Crippen molar-refractivity contribution in [3.05, 3.63) is 71.8 Å². The minimum Gasteiger partial charge on any atom is -0.452 e. The van der Waals surface area contributed by atoms with Crippen LogP contribution in [0.4, 0.5) is 0 Å². The number of carbonyl (C=O) groups excluding carboxylic acids is 2. The van der Waals surface area contributed by atoms with Crippen LogP contribution in [0.1, 0.15) is 20.7 Å². The smallest absolute Gasteiger partial charge is 0.338 e. The Morgan fingerprint density at radius 2 is 1.35 bits per heavy atom. The standard InChI is InChI=1S/C21H22O9S/c1-26-21-18(29-20(23)15-11-7-4-8-12-15)17(16(13-27-21)30-31(2,24)25)28-19(22)14-9-5-3-6-10-14/h3-12,16-18,21H,13H2,1-2H3/t16-,17-,18-,21-/m1/s1. The number of rotatable bonds is 7. The fourth-order valence-corrected chi connectivity index (χ4v) is 3.67. The van der Waals surface area contributed by atoms with E-state index in [1.54, 1.807) is 48.5 Å². The number of ether oxygens (including phenoxy) is 4. The van der Waals surface area contributed by atoms with Gasteiger partial charge in [-0.15, -0.1) is 0 Å². The van der Waals surface area contributed by atoms with Gasteiger partial charge in [0.1, 0.15) is 6.10 Å². The topological polar surface area (TPSA) is 114 Å². The lowest BCUT2D eigenvalue weighted by atomic mass is 10.0. The molecule has 0 amide bonds. The first-order chi connectivity index (χ1) is 14.8. The number of hydrogen-bond acceptors (Lipinski definition) is 9. The number of methoxy groups -OCH3 is 1. The Balaban J connectivity index is 1.90. The van der Waals surface area contributed by atoms with Crippen LogP contribution in [-0.4, -0.2) is 64.9 Å². The average molecular weight is 450 g/mol. The molecule has 0 bridgehead atoms. The van der Waals surface area contributed by atoms with Crippen LogP contribution in [0, 0.1) is 0 Å². The van der Waals surface area contributed by atoms with E-state index < -0.39 is 46.7 Å². The third-order valence-corrected chi connectivity index (χ3v) is 5.02. The van der Waals surface area contributed by atoms with Crippen molar-refractivity contribution in [3.63, 3.8) is 0 Å². The van der Waals surface area contributed by atoms with Crippen molar-refractivity contribution in [2.24, 2.45) is 0 Å². The van der Waals surface area contributed by atoms with Crippen LogP contribution in [0.25, 0.3) is 0 Å². The van der Waals surface area contributed by atoms with Crippen molar-refractivity contribution < 1.29 is 41.1 Å². The molecule has 1 aliphatic heterocycles. The molecule has 10 heteroatoms. The molecule has 0 radical (unpaired) electrons. The largest absolute Gasteiger partial charge is 0.452 e. The summed E-state index contributed by atoms with van der Waals surface area (Å²) in [6, 6.07) is 16.2. The van der Waals surface area contributed by atoms with Gasteiger partial charge in [0.25, 0.3) is 10.1 Å². The van der Waals surface area contributed by atoms with Crippen molar-refractivity contribution in [1.29, 1.82) is 0 Å². The summed E-state index contributed by atoms with van der Waals surface area (Å²) in [6.07, 6.45) is -4.10. The summed E-state index contributed by atoms with van der Waals surface area (Å²) in [5, 5.41) is 0. The van der Waals surface area contributed by atoms with Crippen molar-refractivity contribution in [3.8, 4) is 0 Å². The SMILES string of the molecule is CO[C@@H]1OC[C@@H](OS(C)(=O)=O)[C@@H](OC(=O)c2ccccc2)[C@H]1OC(=O)c1ccccc1. The first-order valence-electron chi connectivity index (χ1n) is 9.33. The molecule has 4 atom stereocenters. The van der Waals surface area contributed by atoms with E-state index in [1.165, 1.54) is 19.2 Å². The molecule has 166 valence electrons. The lowest BCUT2D eigenvalue weighted by Crippen LogP contribution is -2.58. The van der Waals surface area contributed by atoms with Crippen LogP contribution in [0.15, 0.2) is 60.7 Å². The van der Waals surface area contributed by atoms with Gasteiger partial charge < -0.3 is 18.9 Å². The molecule has 0 spiro atoms. The van der Waals surface area contributed by atoms with Crippen molar-refractivity contribution in [2.45, 2.75) is 24.6 Å². The van der Waals surface area contributed by atoms with Crippen molar-refractivity contribution in [2.75, 3.05) is 20.0 Å². The summed E-state index contributed by atoms with van der Waals surface area (Å²) >= 11 is 0. The number of esters is 2. The van der Waals surface area contributed by atoms with Gasteiger partial charge in [-0.2, -0.15) is 8.42 Å². The zero-order valence-corrected chi connectivity index (χ0v) is 17.7. The third kappa shape index (κ3) is 6.11. The molecular formula is C21H22O9S. The van der Waals surface area contributed by atoms with E-state index in [9.17, 15) is 18.0 Å². The van der Waals surface area contributed by atoms with Gasteiger partial charge in [0.15, 0.2) is 18.5 Å². The summed E-state index contributed by atoms with van der Waals surface area (Å²) < 4.78 is 50.4. The maximum Gasteiger partial charge on any atom is 0.338 e. The van der Waals surface area contributed by atoms with Crippen molar-refractivity contribution in [1.82, 2.24) is 0 Å². The molecule has 2 aromatic carbocycles. The number of carbonyl (C=O) groups is 2. The Morgan fingerprint density at radius 3 is 1.81 bits per heavy atom. The van der Waals surface area contributed by atoms with Gasteiger partial charge in [-0.25, -0.2) is 9.59 Å². The molecule has 2 aromatic rings. The Morgan fingerprint density at radius 1 is 0.871 bits per heavy atom. The van der Waals surface area contributed by atoms with Crippen molar-refractivity contribution >= 4 is 22.1 Å². The molecule has 31 heavy (non-hydrogen) atoms. The molecule has 0 saturated carbocycles. The van der Waals surface area contributed by atoms with Gasteiger partial charge in [-0.1, -0.05) is 36.4 Å². The second-order valence-corrected chi connectivity index (χ2v) is 8.35. The summed E-state index contributed by atoms with van der Waals surface area (Å²) in [4.78, 5) is 25.3. The maximum atomic E-state index is 12.7. The van der Waals surface area contributed by atoms with Crippen LogP contribution in [0.3, 0.4) is 0 Å².